The zero-order valence-electron chi connectivity index (χ0n) is 16.7. The first-order chi connectivity index (χ1) is 13.4. The van der Waals surface area contributed by atoms with Crippen molar-refractivity contribution in [3.63, 3.8) is 0 Å². The molecular weight excluding hydrogens is 388 g/mol. The van der Waals surface area contributed by atoms with E-state index in [-0.39, 0.29) is 6.42 Å². The predicted octanol–water partition coefficient (Wildman–Crippen LogP) is -2.22. The van der Waals surface area contributed by atoms with E-state index in [2.05, 4.69) is 16.0 Å². The molecule has 0 saturated carbocycles. The van der Waals surface area contributed by atoms with Crippen LogP contribution in [-0.4, -0.2) is 75.8 Å². The van der Waals surface area contributed by atoms with Crippen molar-refractivity contribution in [2.75, 3.05) is 6.61 Å². The van der Waals surface area contributed by atoms with E-state index >= 15 is 0 Å². The maximum Gasteiger partial charge on any atom is 0.328 e. The summed E-state index contributed by atoms with van der Waals surface area (Å²) in [6, 6.07) is -4.91. The van der Waals surface area contributed by atoms with Gasteiger partial charge in [-0.25, -0.2) is 4.79 Å². The second-order valence-electron chi connectivity index (χ2n) is 6.74. The van der Waals surface area contributed by atoms with Gasteiger partial charge >= 0.3 is 11.9 Å². The number of carboxylic acids is 2. The highest BCUT2D eigenvalue weighted by molar-refractivity contribution is 5.94. The van der Waals surface area contributed by atoms with Crippen molar-refractivity contribution in [3.05, 3.63) is 0 Å². The fourth-order valence-electron chi connectivity index (χ4n) is 2.24. The molecule has 0 fully saturated rings. The Morgan fingerprint density at radius 3 is 1.86 bits per heavy atom. The molecule has 0 aromatic carbocycles. The molecule has 3 amide bonds. The Kier molecular flexibility index (Phi) is 11.5. The van der Waals surface area contributed by atoms with Gasteiger partial charge < -0.3 is 37.0 Å². The largest absolute Gasteiger partial charge is 0.481 e. The van der Waals surface area contributed by atoms with Crippen LogP contribution in [0.3, 0.4) is 0 Å². The number of nitrogens with one attached hydrogen (secondary N) is 3. The molecule has 0 aromatic heterocycles. The average molecular weight is 418 g/mol. The van der Waals surface area contributed by atoms with Crippen LogP contribution in [0.2, 0.25) is 0 Å². The van der Waals surface area contributed by atoms with Crippen LogP contribution in [0, 0.1) is 5.92 Å². The highest BCUT2D eigenvalue weighted by Crippen LogP contribution is 2.10. The van der Waals surface area contributed by atoms with Crippen molar-refractivity contribution in [2.45, 2.75) is 64.2 Å². The number of aliphatic carboxylic acids is 2. The van der Waals surface area contributed by atoms with Gasteiger partial charge in [-0.1, -0.05) is 20.3 Å². The van der Waals surface area contributed by atoms with Crippen LogP contribution in [0.25, 0.3) is 0 Å². The number of aliphatic hydroxyl groups excluding tert-OH is 1. The first kappa shape index (κ1) is 26.3. The molecule has 12 heteroatoms. The SMILES string of the molecule is CCC(C)C(NC(=O)C(CCC(=O)O)NC(=O)C(C)N)C(=O)NC(CO)C(=O)O. The molecule has 5 atom stereocenters. The second-order valence-corrected chi connectivity index (χ2v) is 6.74. The van der Waals surface area contributed by atoms with Gasteiger partial charge in [0.1, 0.15) is 18.1 Å². The molecule has 29 heavy (non-hydrogen) atoms. The van der Waals surface area contributed by atoms with Crippen LogP contribution in [0.4, 0.5) is 0 Å². The summed E-state index contributed by atoms with van der Waals surface area (Å²) in [6.45, 7) is 3.94. The van der Waals surface area contributed by atoms with Gasteiger partial charge in [-0.15, -0.1) is 0 Å². The van der Waals surface area contributed by atoms with Crippen molar-refractivity contribution in [1.29, 1.82) is 0 Å². The quantitative estimate of drug-likeness (QED) is 0.172. The molecule has 0 saturated heterocycles. The molecule has 0 aliphatic carbocycles. The fraction of sp³-hybridized carbons (Fsp3) is 0.706. The monoisotopic (exact) mass is 418 g/mol. The Morgan fingerprint density at radius 2 is 1.45 bits per heavy atom. The van der Waals surface area contributed by atoms with Gasteiger partial charge in [-0.2, -0.15) is 0 Å². The van der Waals surface area contributed by atoms with Gasteiger partial charge in [0, 0.05) is 6.42 Å². The Hall–Kier alpha value is -2.73. The van der Waals surface area contributed by atoms with Crippen LogP contribution >= 0.6 is 0 Å². The molecule has 0 heterocycles. The Morgan fingerprint density at radius 1 is 0.897 bits per heavy atom. The van der Waals surface area contributed by atoms with Crippen LogP contribution in [0.5, 0.6) is 0 Å². The normalized spacial score (nSPS) is 15.9. The summed E-state index contributed by atoms with van der Waals surface area (Å²) < 4.78 is 0. The number of carboxylic acid groups (broad SMARTS) is 2. The summed E-state index contributed by atoms with van der Waals surface area (Å²) in [7, 11) is 0. The van der Waals surface area contributed by atoms with E-state index in [9.17, 15) is 24.0 Å². The van der Waals surface area contributed by atoms with E-state index in [1.807, 2.05) is 0 Å². The van der Waals surface area contributed by atoms with E-state index < -0.39 is 72.8 Å². The number of carbonyl (C=O) groups is 5. The van der Waals surface area contributed by atoms with Gasteiger partial charge in [0.2, 0.25) is 17.7 Å². The summed E-state index contributed by atoms with van der Waals surface area (Å²) in [4.78, 5) is 58.8. The van der Waals surface area contributed by atoms with Crippen molar-refractivity contribution in [3.8, 4) is 0 Å². The maximum atomic E-state index is 12.6. The lowest BCUT2D eigenvalue weighted by Crippen LogP contribution is -2.59. The Bertz CT molecular complexity index is 610. The van der Waals surface area contributed by atoms with Crippen molar-refractivity contribution < 1.29 is 39.3 Å². The molecule has 0 radical (unpaired) electrons. The first-order valence-corrected chi connectivity index (χ1v) is 9.16. The third kappa shape index (κ3) is 9.34. The minimum atomic E-state index is -1.55. The molecular formula is C17H30N4O8. The number of hydrogen-bond donors (Lipinski definition) is 7. The first-order valence-electron chi connectivity index (χ1n) is 9.16. The molecule has 0 bridgehead atoms. The summed E-state index contributed by atoms with van der Waals surface area (Å²) in [6.07, 6.45) is -0.201. The summed E-state index contributed by atoms with van der Waals surface area (Å²) in [5, 5.41) is 33.8. The second kappa shape index (κ2) is 12.7. The smallest absolute Gasteiger partial charge is 0.328 e. The summed E-state index contributed by atoms with van der Waals surface area (Å²) in [5.41, 5.74) is 5.45. The molecule has 0 aromatic rings. The number of amides is 3. The minimum absolute atomic E-state index is 0.233. The minimum Gasteiger partial charge on any atom is -0.481 e. The van der Waals surface area contributed by atoms with Crippen LogP contribution < -0.4 is 21.7 Å². The molecule has 8 N–H and O–H groups in total. The summed E-state index contributed by atoms with van der Waals surface area (Å²) in [5.74, 6) is -5.36. The molecule has 0 aliphatic heterocycles. The lowest BCUT2D eigenvalue weighted by Gasteiger charge is -2.27. The lowest BCUT2D eigenvalue weighted by molar-refractivity contribution is -0.143. The standard InChI is InChI=1S/C17H30N4O8/c1-4-8(2)13(16(27)20-11(7-22)17(28)29)21-15(26)10(5-6-12(23)24)19-14(25)9(3)18/h8-11,13,22H,4-7,18H2,1-3H3,(H,19,25)(H,20,27)(H,21,26)(H,23,24)(H,28,29). The molecule has 5 unspecified atom stereocenters. The van der Waals surface area contributed by atoms with Crippen molar-refractivity contribution in [1.82, 2.24) is 16.0 Å². The van der Waals surface area contributed by atoms with Crippen LogP contribution in [0.15, 0.2) is 0 Å². The van der Waals surface area contributed by atoms with Crippen molar-refractivity contribution >= 4 is 29.7 Å². The molecule has 0 aliphatic rings. The molecule has 0 spiro atoms. The zero-order valence-corrected chi connectivity index (χ0v) is 16.7. The molecule has 12 nitrogen and oxygen atoms in total. The Balaban J connectivity index is 5.43. The van der Waals surface area contributed by atoms with Gasteiger partial charge in [0.05, 0.1) is 12.6 Å². The van der Waals surface area contributed by atoms with Crippen LogP contribution in [-0.2, 0) is 24.0 Å². The predicted molar refractivity (Wildman–Crippen MR) is 100 cm³/mol. The molecule has 166 valence electrons. The maximum absolute atomic E-state index is 12.6. The highest BCUT2D eigenvalue weighted by atomic mass is 16.4. The van der Waals surface area contributed by atoms with Gasteiger partial charge in [0.25, 0.3) is 0 Å². The Labute approximate surface area is 168 Å². The van der Waals surface area contributed by atoms with Gasteiger partial charge in [0.15, 0.2) is 0 Å². The van der Waals surface area contributed by atoms with E-state index in [0.717, 1.165) is 0 Å². The third-order valence-electron chi connectivity index (χ3n) is 4.28. The van der Waals surface area contributed by atoms with Crippen LogP contribution in [0.1, 0.15) is 40.0 Å². The van der Waals surface area contributed by atoms with E-state index in [0.29, 0.717) is 6.42 Å². The number of aliphatic hydroxyl groups is 1. The topological polar surface area (TPSA) is 208 Å². The summed E-state index contributed by atoms with van der Waals surface area (Å²) >= 11 is 0. The van der Waals surface area contributed by atoms with Crippen molar-refractivity contribution in [2.24, 2.45) is 11.7 Å². The highest BCUT2D eigenvalue weighted by Gasteiger charge is 2.32. The number of rotatable bonds is 13. The zero-order chi connectivity index (χ0) is 22.7. The average Bonchev–Trinajstić information content (AvgIpc) is 2.65. The number of nitrogens with two attached hydrogens (primary N) is 1. The van der Waals surface area contributed by atoms with Gasteiger partial charge in [-0.05, 0) is 19.3 Å². The van der Waals surface area contributed by atoms with E-state index in [1.54, 1.807) is 13.8 Å². The lowest BCUT2D eigenvalue weighted by atomic mass is 9.97. The fourth-order valence-corrected chi connectivity index (χ4v) is 2.24. The number of hydrogen-bond acceptors (Lipinski definition) is 7. The molecule has 0 rings (SSSR count). The number of carbonyl (C=O) groups excluding carboxylic acids is 3. The van der Waals surface area contributed by atoms with E-state index in [1.165, 1.54) is 6.92 Å². The van der Waals surface area contributed by atoms with Gasteiger partial charge in [-0.3, -0.25) is 19.2 Å². The third-order valence-corrected chi connectivity index (χ3v) is 4.28. The van der Waals surface area contributed by atoms with E-state index in [4.69, 9.17) is 21.1 Å².